The summed E-state index contributed by atoms with van der Waals surface area (Å²) < 4.78 is 6.25. The molecule has 0 saturated carbocycles. The molecule has 4 nitrogen and oxygen atoms in total. The third-order valence-electron chi connectivity index (χ3n) is 11.3. The molecule has 2 heterocycles. The molecule has 10 rings (SSSR count). The summed E-state index contributed by atoms with van der Waals surface area (Å²) in [5.41, 5.74) is 11.3. The molecular weight excluding hydrogens is 647 g/mol. The van der Waals surface area contributed by atoms with E-state index in [0.717, 1.165) is 38.6 Å². The van der Waals surface area contributed by atoms with Gasteiger partial charge in [-0.15, -0.1) is 0 Å². The average Bonchev–Trinajstić information content (AvgIpc) is 3.61. The van der Waals surface area contributed by atoms with Crippen molar-refractivity contribution in [1.29, 1.82) is 0 Å². The van der Waals surface area contributed by atoms with Gasteiger partial charge >= 0.3 is 0 Å². The minimum atomic E-state index is -0.477. The molecule has 0 amide bonds. The minimum Gasteiger partial charge on any atom is -0.456 e. The number of hydrogen-bond donors (Lipinski definition) is 0. The molecular formula is C49H35N3O. The standard InChI is InChI=1S/C49H35N3O/c1-48(2)40-24-12-9-20-36(40)37-21-10-13-25-41(37)49(48,34-18-7-4-8-19-34)35-30-28-33(29-31-35)46-50-45(32-16-5-3-6-17-32)51-47(52-46)39-23-15-27-43-44(39)38-22-11-14-26-42(38)53-43/h3-31H,1-2H3. The Hall–Kier alpha value is -6.65. The van der Waals surface area contributed by atoms with Crippen molar-refractivity contribution in [3.63, 3.8) is 0 Å². The summed E-state index contributed by atoms with van der Waals surface area (Å²) in [5.74, 6) is 1.85. The zero-order valence-electron chi connectivity index (χ0n) is 29.5. The summed E-state index contributed by atoms with van der Waals surface area (Å²) in [6, 6.07) is 62.1. The fourth-order valence-electron chi connectivity index (χ4n) is 8.91. The number of benzene rings is 7. The summed E-state index contributed by atoms with van der Waals surface area (Å²) in [4.78, 5) is 15.4. The van der Waals surface area contributed by atoms with Crippen molar-refractivity contribution in [3.05, 3.63) is 198 Å². The van der Waals surface area contributed by atoms with Gasteiger partial charge in [0.15, 0.2) is 17.5 Å². The Morgan fingerprint density at radius 3 is 1.64 bits per heavy atom. The van der Waals surface area contributed by atoms with Crippen LogP contribution in [0, 0.1) is 0 Å². The lowest BCUT2D eigenvalue weighted by atomic mass is 9.49. The van der Waals surface area contributed by atoms with Crippen LogP contribution in [0.25, 0.3) is 67.2 Å². The van der Waals surface area contributed by atoms with Crippen LogP contribution >= 0.6 is 0 Å². The van der Waals surface area contributed by atoms with Gasteiger partial charge in [0, 0.05) is 32.9 Å². The van der Waals surface area contributed by atoms with Gasteiger partial charge < -0.3 is 4.42 Å². The van der Waals surface area contributed by atoms with Gasteiger partial charge in [0.25, 0.3) is 0 Å². The van der Waals surface area contributed by atoms with Crippen LogP contribution in [0.1, 0.15) is 36.1 Å². The Bertz CT molecular complexity index is 2800. The third-order valence-corrected chi connectivity index (χ3v) is 11.3. The van der Waals surface area contributed by atoms with Crippen LogP contribution < -0.4 is 0 Å². The fraction of sp³-hybridized carbons (Fsp3) is 0.0816. The van der Waals surface area contributed by atoms with E-state index in [2.05, 4.69) is 129 Å². The first-order valence-corrected chi connectivity index (χ1v) is 18.1. The highest BCUT2D eigenvalue weighted by Crippen LogP contribution is 2.60. The molecule has 2 aromatic heterocycles. The van der Waals surface area contributed by atoms with Gasteiger partial charge in [-0.25, -0.2) is 15.0 Å². The molecule has 53 heavy (non-hydrogen) atoms. The second-order valence-electron chi connectivity index (χ2n) is 14.4. The molecule has 1 aliphatic carbocycles. The summed E-state index contributed by atoms with van der Waals surface area (Å²) >= 11 is 0. The Balaban J connectivity index is 1.18. The lowest BCUT2D eigenvalue weighted by Crippen LogP contribution is -2.49. The monoisotopic (exact) mass is 681 g/mol. The number of fused-ring (bicyclic) bond motifs is 6. The van der Waals surface area contributed by atoms with E-state index >= 15 is 0 Å². The predicted molar refractivity (Wildman–Crippen MR) is 215 cm³/mol. The van der Waals surface area contributed by atoms with E-state index < -0.39 is 5.41 Å². The molecule has 252 valence electrons. The number of rotatable bonds is 5. The lowest BCUT2D eigenvalue weighted by molar-refractivity contribution is 0.353. The quantitative estimate of drug-likeness (QED) is 0.181. The Labute approximate surface area is 308 Å². The smallest absolute Gasteiger partial charge is 0.164 e. The maximum Gasteiger partial charge on any atom is 0.164 e. The largest absolute Gasteiger partial charge is 0.456 e. The summed E-state index contributed by atoms with van der Waals surface area (Å²) in [6.07, 6.45) is 0. The first-order chi connectivity index (χ1) is 26.0. The highest BCUT2D eigenvalue weighted by Gasteiger charge is 2.54. The first kappa shape index (κ1) is 31.1. The predicted octanol–water partition coefficient (Wildman–Crippen LogP) is 12.1. The second kappa shape index (κ2) is 12.0. The van der Waals surface area contributed by atoms with Crippen molar-refractivity contribution in [1.82, 2.24) is 15.0 Å². The molecule has 0 bridgehead atoms. The van der Waals surface area contributed by atoms with Crippen LogP contribution in [0.2, 0.25) is 0 Å². The SMILES string of the molecule is CC1(C)c2ccccc2-c2ccccc2C1(c1ccccc1)c1ccc(-c2nc(-c3ccccc3)nc(-c3cccc4oc5ccccc5c34)n2)cc1. The molecule has 9 aromatic rings. The molecule has 1 unspecified atom stereocenters. The maximum absolute atomic E-state index is 6.25. The first-order valence-electron chi connectivity index (χ1n) is 18.1. The van der Waals surface area contributed by atoms with Crippen LogP contribution in [0.3, 0.4) is 0 Å². The summed E-state index contributed by atoms with van der Waals surface area (Å²) in [5, 5.41) is 2.03. The van der Waals surface area contributed by atoms with Gasteiger partial charge in [-0.2, -0.15) is 0 Å². The molecule has 1 atom stereocenters. The van der Waals surface area contributed by atoms with E-state index in [-0.39, 0.29) is 5.41 Å². The van der Waals surface area contributed by atoms with E-state index in [4.69, 9.17) is 19.4 Å². The van der Waals surface area contributed by atoms with Crippen LogP contribution in [-0.2, 0) is 10.8 Å². The normalized spacial score (nSPS) is 16.0. The maximum atomic E-state index is 6.25. The summed E-state index contributed by atoms with van der Waals surface area (Å²) in [7, 11) is 0. The van der Waals surface area contributed by atoms with E-state index in [0.29, 0.717) is 17.5 Å². The number of nitrogens with zero attached hydrogens (tertiary/aromatic N) is 3. The van der Waals surface area contributed by atoms with Gasteiger partial charge in [-0.3, -0.25) is 0 Å². The van der Waals surface area contributed by atoms with Crippen molar-refractivity contribution in [2.75, 3.05) is 0 Å². The molecule has 0 aliphatic heterocycles. The van der Waals surface area contributed by atoms with Crippen molar-refractivity contribution in [3.8, 4) is 45.3 Å². The third kappa shape index (κ3) is 4.65. The Morgan fingerprint density at radius 1 is 0.396 bits per heavy atom. The van der Waals surface area contributed by atoms with Gasteiger partial charge in [0.05, 0.1) is 5.41 Å². The number of para-hydroxylation sites is 1. The fourth-order valence-corrected chi connectivity index (χ4v) is 8.91. The van der Waals surface area contributed by atoms with E-state index in [1.807, 2.05) is 60.7 Å². The van der Waals surface area contributed by atoms with Gasteiger partial charge in [-0.05, 0) is 45.5 Å². The molecule has 0 fully saturated rings. The average molecular weight is 682 g/mol. The molecule has 0 N–H and O–H groups in total. The number of aromatic nitrogens is 3. The van der Waals surface area contributed by atoms with Crippen LogP contribution in [0.5, 0.6) is 0 Å². The van der Waals surface area contributed by atoms with Crippen molar-refractivity contribution in [2.24, 2.45) is 0 Å². The van der Waals surface area contributed by atoms with Crippen LogP contribution in [0.15, 0.2) is 180 Å². The molecule has 1 aliphatic rings. The highest BCUT2D eigenvalue weighted by atomic mass is 16.3. The molecule has 0 saturated heterocycles. The second-order valence-corrected chi connectivity index (χ2v) is 14.4. The van der Waals surface area contributed by atoms with Crippen molar-refractivity contribution in [2.45, 2.75) is 24.7 Å². The number of furan rings is 1. The Kier molecular flexibility index (Phi) is 7.02. The highest BCUT2D eigenvalue weighted by molar-refractivity contribution is 6.11. The summed E-state index contributed by atoms with van der Waals surface area (Å²) in [6.45, 7) is 4.79. The van der Waals surface area contributed by atoms with Crippen molar-refractivity contribution >= 4 is 21.9 Å². The van der Waals surface area contributed by atoms with E-state index in [9.17, 15) is 0 Å². The van der Waals surface area contributed by atoms with E-state index in [1.165, 1.54) is 33.4 Å². The van der Waals surface area contributed by atoms with Crippen LogP contribution in [-0.4, -0.2) is 15.0 Å². The van der Waals surface area contributed by atoms with Gasteiger partial charge in [0.2, 0.25) is 0 Å². The van der Waals surface area contributed by atoms with Gasteiger partial charge in [0.1, 0.15) is 11.2 Å². The van der Waals surface area contributed by atoms with E-state index in [1.54, 1.807) is 0 Å². The molecule has 7 aromatic carbocycles. The van der Waals surface area contributed by atoms with Crippen molar-refractivity contribution < 1.29 is 4.42 Å². The Morgan fingerprint density at radius 2 is 0.906 bits per heavy atom. The van der Waals surface area contributed by atoms with Crippen LogP contribution in [0.4, 0.5) is 0 Å². The number of hydrogen-bond acceptors (Lipinski definition) is 4. The zero-order chi connectivity index (χ0) is 35.6. The van der Waals surface area contributed by atoms with Gasteiger partial charge in [-0.1, -0.05) is 178 Å². The molecule has 0 spiro atoms. The minimum absolute atomic E-state index is 0.298. The zero-order valence-corrected chi connectivity index (χ0v) is 29.5. The molecule has 0 radical (unpaired) electrons. The topological polar surface area (TPSA) is 51.8 Å². The lowest BCUT2D eigenvalue weighted by Gasteiger charge is -2.53. The molecule has 4 heteroatoms.